The SMILES string of the molecule is CC(=O)NC1=CC[C@H]2[C@@H]3[C@@H](NC(C)=O)C[C@@H]4C[C@@H](O)C=C[C@]4(C)[C@H]3CC[C@]12C. The minimum atomic E-state index is -0.374. The lowest BCUT2D eigenvalue weighted by Crippen LogP contribution is -2.61. The van der Waals surface area contributed by atoms with Crippen LogP contribution in [0.25, 0.3) is 0 Å². The third kappa shape index (κ3) is 2.94. The third-order valence-corrected chi connectivity index (χ3v) is 8.50. The molecule has 0 unspecified atom stereocenters. The van der Waals surface area contributed by atoms with Gasteiger partial charge in [0.25, 0.3) is 0 Å². The second-order valence-electron chi connectivity index (χ2n) is 10.0. The summed E-state index contributed by atoms with van der Waals surface area (Å²) in [5, 5.41) is 16.6. The number of carbonyl (C=O) groups excluding carboxylic acids is 2. The molecule has 8 atom stereocenters. The molecule has 0 aromatic rings. The van der Waals surface area contributed by atoms with Crippen LogP contribution in [0.4, 0.5) is 0 Å². The predicted molar refractivity (Wildman–Crippen MR) is 108 cm³/mol. The fourth-order valence-electron chi connectivity index (χ4n) is 7.17. The number of aliphatic hydroxyl groups is 1. The van der Waals surface area contributed by atoms with E-state index in [1.165, 1.54) is 0 Å². The first-order valence-corrected chi connectivity index (χ1v) is 10.8. The number of rotatable bonds is 2. The van der Waals surface area contributed by atoms with Crippen molar-refractivity contribution < 1.29 is 14.7 Å². The summed E-state index contributed by atoms with van der Waals surface area (Å²) in [5.74, 6) is 1.69. The molecule has 5 heteroatoms. The molecule has 0 aromatic heterocycles. The van der Waals surface area contributed by atoms with Gasteiger partial charge in [-0.25, -0.2) is 0 Å². The van der Waals surface area contributed by atoms with Gasteiger partial charge in [0.05, 0.1) is 6.10 Å². The van der Waals surface area contributed by atoms with Crippen molar-refractivity contribution in [3.8, 4) is 0 Å². The summed E-state index contributed by atoms with van der Waals surface area (Å²) in [4.78, 5) is 23.8. The summed E-state index contributed by atoms with van der Waals surface area (Å²) in [5.41, 5.74) is 1.11. The molecule has 5 nitrogen and oxygen atoms in total. The first kappa shape index (κ1) is 19.7. The van der Waals surface area contributed by atoms with E-state index in [2.05, 4.69) is 36.6 Å². The molecule has 3 N–H and O–H groups in total. The summed E-state index contributed by atoms with van der Waals surface area (Å²) in [6, 6.07) is 0.133. The fraction of sp³-hybridized carbons (Fsp3) is 0.739. The van der Waals surface area contributed by atoms with Gasteiger partial charge in [0.2, 0.25) is 11.8 Å². The van der Waals surface area contributed by atoms with Gasteiger partial charge in [0, 0.05) is 31.0 Å². The van der Waals surface area contributed by atoms with Crippen LogP contribution in [0.1, 0.15) is 59.8 Å². The zero-order chi connectivity index (χ0) is 20.3. The summed E-state index contributed by atoms with van der Waals surface area (Å²) in [6.45, 7) is 7.84. The van der Waals surface area contributed by atoms with E-state index < -0.39 is 0 Å². The van der Waals surface area contributed by atoms with E-state index in [1.54, 1.807) is 13.8 Å². The molecule has 0 saturated heterocycles. The molecule has 0 bridgehead atoms. The highest BCUT2D eigenvalue weighted by atomic mass is 16.3. The number of amides is 2. The van der Waals surface area contributed by atoms with Crippen LogP contribution in [0.3, 0.4) is 0 Å². The van der Waals surface area contributed by atoms with Crippen LogP contribution in [0.5, 0.6) is 0 Å². The number of allylic oxidation sites excluding steroid dienone is 3. The molecule has 0 radical (unpaired) electrons. The third-order valence-electron chi connectivity index (χ3n) is 8.50. The van der Waals surface area contributed by atoms with E-state index >= 15 is 0 Å². The van der Waals surface area contributed by atoms with Crippen molar-refractivity contribution in [2.75, 3.05) is 0 Å². The van der Waals surface area contributed by atoms with E-state index in [-0.39, 0.29) is 34.8 Å². The van der Waals surface area contributed by atoms with Crippen LogP contribution in [0, 0.1) is 34.5 Å². The average Bonchev–Trinajstić information content (AvgIpc) is 2.92. The maximum Gasteiger partial charge on any atom is 0.221 e. The van der Waals surface area contributed by atoms with Gasteiger partial charge < -0.3 is 15.7 Å². The van der Waals surface area contributed by atoms with Crippen LogP contribution in [-0.2, 0) is 9.59 Å². The van der Waals surface area contributed by atoms with E-state index in [0.29, 0.717) is 23.7 Å². The van der Waals surface area contributed by atoms with Crippen molar-refractivity contribution in [1.29, 1.82) is 0 Å². The van der Waals surface area contributed by atoms with Crippen LogP contribution < -0.4 is 10.6 Å². The van der Waals surface area contributed by atoms with Gasteiger partial charge in [-0.2, -0.15) is 0 Å². The van der Waals surface area contributed by atoms with Crippen molar-refractivity contribution >= 4 is 11.8 Å². The number of hydrogen-bond donors (Lipinski definition) is 3. The number of hydrogen-bond acceptors (Lipinski definition) is 3. The lowest BCUT2D eigenvalue weighted by Gasteiger charge is -2.61. The van der Waals surface area contributed by atoms with Crippen LogP contribution >= 0.6 is 0 Å². The summed E-state index contributed by atoms with van der Waals surface area (Å²) in [6.07, 6.45) is 10.9. The van der Waals surface area contributed by atoms with Crippen LogP contribution in [0.2, 0.25) is 0 Å². The molecular weight excluding hydrogens is 352 g/mol. The Morgan fingerprint density at radius 1 is 1.14 bits per heavy atom. The van der Waals surface area contributed by atoms with Gasteiger partial charge in [-0.15, -0.1) is 0 Å². The molecule has 2 fully saturated rings. The average molecular weight is 387 g/mol. The minimum absolute atomic E-state index is 0.00599. The fourth-order valence-corrected chi connectivity index (χ4v) is 7.17. The predicted octanol–water partition coefficient (Wildman–Crippen LogP) is 2.91. The summed E-state index contributed by atoms with van der Waals surface area (Å²) in [7, 11) is 0. The van der Waals surface area contributed by atoms with Crippen molar-refractivity contribution in [1.82, 2.24) is 10.6 Å². The molecule has 154 valence electrons. The summed E-state index contributed by atoms with van der Waals surface area (Å²) >= 11 is 0. The Bertz CT molecular complexity index is 744. The first-order valence-electron chi connectivity index (χ1n) is 10.8. The molecule has 2 saturated carbocycles. The Labute approximate surface area is 168 Å². The zero-order valence-corrected chi connectivity index (χ0v) is 17.5. The Kier molecular flexibility index (Phi) is 4.72. The second-order valence-corrected chi connectivity index (χ2v) is 10.0. The molecule has 4 aliphatic rings. The van der Waals surface area contributed by atoms with Gasteiger partial charge in [-0.05, 0) is 61.2 Å². The molecule has 0 aliphatic heterocycles. The molecule has 28 heavy (non-hydrogen) atoms. The van der Waals surface area contributed by atoms with Gasteiger partial charge in [-0.1, -0.05) is 32.1 Å². The minimum Gasteiger partial charge on any atom is -0.389 e. The van der Waals surface area contributed by atoms with Gasteiger partial charge in [0.15, 0.2) is 0 Å². The Balaban J connectivity index is 1.71. The van der Waals surface area contributed by atoms with E-state index in [9.17, 15) is 14.7 Å². The highest BCUT2D eigenvalue weighted by Gasteiger charge is 2.60. The van der Waals surface area contributed by atoms with Crippen LogP contribution in [0.15, 0.2) is 23.9 Å². The lowest BCUT2D eigenvalue weighted by molar-refractivity contribution is -0.126. The molecule has 4 rings (SSSR count). The monoisotopic (exact) mass is 386 g/mol. The quantitative estimate of drug-likeness (QED) is 0.639. The number of carbonyl (C=O) groups is 2. The lowest BCUT2D eigenvalue weighted by atomic mass is 9.45. The van der Waals surface area contributed by atoms with Crippen molar-refractivity contribution in [2.45, 2.75) is 71.9 Å². The largest absolute Gasteiger partial charge is 0.389 e. The maximum absolute atomic E-state index is 12.0. The smallest absolute Gasteiger partial charge is 0.221 e. The number of fused-ring (bicyclic) bond motifs is 5. The topological polar surface area (TPSA) is 78.4 Å². The Hall–Kier alpha value is -1.62. The molecular formula is C23H34N2O3. The summed E-state index contributed by atoms with van der Waals surface area (Å²) < 4.78 is 0. The van der Waals surface area contributed by atoms with Crippen molar-refractivity contribution in [3.05, 3.63) is 23.9 Å². The standard InChI is InChI=1S/C23H34N2O3/c1-13(26)24-19-12-15-11-16(28)7-9-22(15,3)18-8-10-23(4)17(21(18)19)5-6-20(23)25-14(2)27/h6-7,9,15-19,21,28H,5,8,10-12H2,1-4H3,(H,24,26)(H,25,27)/t15-,16-,17-,18-,19-,21-,22-,23-/m0/s1. The van der Waals surface area contributed by atoms with Crippen molar-refractivity contribution in [2.24, 2.45) is 34.5 Å². The molecule has 2 amide bonds. The number of aliphatic hydroxyl groups excluding tert-OH is 1. The van der Waals surface area contributed by atoms with E-state index in [4.69, 9.17) is 0 Å². The van der Waals surface area contributed by atoms with E-state index in [0.717, 1.165) is 37.8 Å². The normalized spacial score (nSPS) is 46.7. The maximum atomic E-state index is 12.0. The van der Waals surface area contributed by atoms with E-state index in [1.807, 2.05) is 6.08 Å². The Morgan fingerprint density at radius 2 is 1.89 bits per heavy atom. The molecule has 0 aromatic carbocycles. The molecule has 4 aliphatic carbocycles. The van der Waals surface area contributed by atoms with Gasteiger partial charge >= 0.3 is 0 Å². The zero-order valence-electron chi connectivity index (χ0n) is 17.5. The van der Waals surface area contributed by atoms with Crippen molar-refractivity contribution in [3.63, 3.8) is 0 Å². The molecule has 0 heterocycles. The second kappa shape index (κ2) is 6.72. The highest BCUT2D eigenvalue weighted by Crippen LogP contribution is 2.65. The number of nitrogens with one attached hydrogen (secondary N) is 2. The molecule has 0 spiro atoms. The van der Waals surface area contributed by atoms with Gasteiger partial charge in [-0.3, -0.25) is 9.59 Å². The highest BCUT2D eigenvalue weighted by molar-refractivity contribution is 5.75. The van der Waals surface area contributed by atoms with Gasteiger partial charge in [0.1, 0.15) is 0 Å². The van der Waals surface area contributed by atoms with Crippen LogP contribution in [-0.4, -0.2) is 29.1 Å². The first-order chi connectivity index (χ1) is 13.1. The Morgan fingerprint density at radius 3 is 2.57 bits per heavy atom.